The Hall–Kier alpha value is -1.38. The minimum absolute atomic E-state index is 0.508. The molecule has 0 aliphatic rings. The van der Waals surface area contributed by atoms with Gasteiger partial charge in [-0.3, -0.25) is 4.98 Å². The number of nitrogens with zero attached hydrogens (tertiary/aromatic N) is 1. The Balaban J connectivity index is 1.92. The van der Waals surface area contributed by atoms with Crippen LogP contribution >= 0.6 is 11.6 Å². The van der Waals surface area contributed by atoms with Crippen LogP contribution in [0.5, 0.6) is 0 Å². The van der Waals surface area contributed by atoms with Gasteiger partial charge in [0.25, 0.3) is 0 Å². The molecule has 17 heavy (non-hydrogen) atoms. The molecule has 1 heterocycles. The molecule has 1 N–H and O–H groups in total. The lowest BCUT2D eigenvalue weighted by molar-refractivity contribution is 0.163. The van der Waals surface area contributed by atoms with Crippen LogP contribution in [0.25, 0.3) is 0 Å². The van der Waals surface area contributed by atoms with Crippen molar-refractivity contribution < 1.29 is 5.11 Å². The molecule has 0 aliphatic carbocycles. The van der Waals surface area contributed by atoms with Crippen LogP contribution in [0.1, 0.15) is 23.8 Å². The lowest BCUT2D eigenvalue weighted by Crippen LogP contribution is -2.01. The van der Waals surface area contributed by atoms with Gasteiger partial charge in [-0.05, 0) is 42.7 Å². The first-order valence-corrected chi connectivity index (χ1v) is 5.97. The number of aliphatic hydroxyl groups is 1. The predicted molar refractivity (Wildman–Crippen MR) is 69.0 cm³/mol. The smallest absolute Gasteiger partial charge is 0.0962 e. The number of aromatic nitrogens is 1. The first kappa shape index (κ1) is 12.1. The van der Waals surface area contributed by atoms with Crippen molar-refractivity contribution >= 4 is 11.6 Å². The summed E-state index contributed by atoms with van der Waals surface area (Å²) in [6.07, 6.45) is 2.67. The number of halogens is 1. The number of aliphatic hydroxyl groups excluding tert-OH is 1. The second kappa shape index (κ2) is 5.80. The summed E-state index contributed by atoms with van der Waals surface area (Å²) in [5, 5.41) is 10.7. The molecule has 3 heteroatoms. The first-order valence-electron chi connectivity index (χ1n) is 5.59. The fourth-order valence-corrected chi connectivity index (χ4v) is 1.80. The van der Waals surface area contributed by atoms with Crippen molar-refractivity contribution in [3.8, 4) is 0 Å². The summed E-state index contributed by atoms with van der Waals surface area (Å²) in [6.45, 7) is 0. The zero-order valence-corrected chi connectivity index (χ0v) is 10.1. The Kier molecular flexibility index (Phi) is 4.13. The van der Waals surface area contributed by atoms with Gasteiger partial charge in [-0.15, -0.1) is 0 Å². The van der Waals surface area contributed by atoms with Crippen LogP contribution in [0.2, 0.25) is 5.02 Å². The van der Waals surface area contributed by atoms with Crippen molar-refractivity contribution in [2.75, 3.05) is 0 Å². The van der Waals surface area contributed by atoms with E-state index in [1.807, 2.05) is 42.5 Å². The van der Waals surface area contributed by atoms with Gasteiger partial charge in [0.15, 0.2) is 0 Å². The molecule has 0 aliphatic heterocycles. The molecule has 2 aromatic rings. The molecular formula is C14H14ClNO. The van der Waals surface area contributed by atoms with Gasteiger partial charge in [-0.2, -0.15) is 0 Å². The molecule has 0 fully saturated rings. The zero-order valence-electron chi connectivity index (χ0n) is 9.38. The van der Waals surface area contributed by atoms with Crippen LogP contribution in [-0.4, -0.2) is 10.1 Å². The van der Waals surface area contributed by atoms with Crippen molar-refractivity contribution in [2.45, 2.75) is 18.9 Å². The molecule has 88 valence electrons. The van der Waals surface area contributed by atoms with Crippen molar-refractivity contribution in [3.05, 3.63) is 64.9 Å². The highest BCUT2D eigenvalue weighted by molar-refractivity contribution is 6.30. The average Bonchev–Trinajstić information content (AvgIpc) is 2.39. The fraction of sp³-hybridized carbons (Fsp3) is 0.214. The van der Waals surface area contributed by atoms with Gasteiger partial charge in [-0.1, -0.05) is 29.8 Å². The maximum Gasteiger partial charge on any atom is 0.0962 e. The minimum Gasteiger partial charge on any atom is -0.387 e. The quantitative estimate of drug-likeness (QED) is 0.898. The van der Waals surface area contributed by atoms with E-state index in [4.69, 9.17) is 11.6 Å². The topological polar surface area (TPSA) is 33.1 Å². The minimum atomic E-state index is -0.508. The molecule has 0 bridgehead atoms. The zero-order chi connectivity index (χ0) is 12.1. The molecule has 1 atom stereocenters. The number of aryl methyl sites for hydroxylation is 1. The number of hydrogen-bond donors (Lipinski definition) is 1. The maximum absolute atomic E-state index is 9.95. The van der Waals surface area contributed by atoms with Gasteiger partial charge in [0.05, 0.1) is 11.8 Å². The summed E-state index contributed by atoms with van der Waals surface area (Å²) < 4.78 is 0. The Morgan fingerprint density at radius 3 is 2.53 bits per heavy atom. The largest absolute Gasteiger partial charge is 0.387 e. The highest BCUT2D eigenvalue weighted by Gasteiger charge is 2.08. The monoisotopic (exact) mass is 247 g/mol. The van der Waals surface area contributed by atoms with E-state index < -0.39 is 6.10 Å². The summed E-state index contributed by atoms with van der Waals surface area (Å²) in [5.74, 6) is 0. The molecule has 0 amide bonds. The SMILES string of the molecule is OC(CCc1ccc(Cl)cc1)c1ccccn1. The summed E-state index contributed by atoms with van der Waals surface area (Å²) in [7, 11) is 0. The first-order chi connectivity index (χ1) is 8.25. The van der Waals surface area contributed by atoms with Crippen molar-refractivity contribution in [1.29, 1.82) is 0 Å². The Bertz CT molecular complexity index is 455. The summed E-state index contributed by atoms with van der Waals surface area (Å²) in [5.41, 5.74) is 1.89. The second-order valence-electron chi connectivity index (χ2n) is 3.94. The van der Waals surface area contributed by atoms with E-state index in [-0.39, 0.29) is 0 Å². The Morgan fingerprint density at radius 1 is 1.12 bits per heavy atom. The lowest BCUT2D eigenvalue weighted by Gasteiger charge is -2.09. The van der Waals surface area contributed by atoms with Gasteiger partial charge in [-0.25, -0.2) is 0 Å². The lowest BCUT2D eigenvalue weighted by atomic mass is 10.0. The van der Waals surface area contributed by atoms with Crippen LogP contribution in [0, 0.1) is 0 Å². The highest BCUT2D eigenvalue weighted by atomic mass is 35.5. The number of pyridine rings is 1. The van der Waals surface area contributed by atoms with Gasteiger partial charge < -0.3 is 5.11 Å². The molecule has 2 nitrogen and oxygen atoms in total. The van der Waals surface area contributed by atoms with Gasteiger partial charge in [0.1, 0.15) is 0 Å². The Morgan fingerprint density at radius 2 is 1.88 bits per heavy atom. The third-order valence-electron chi connectivity index (χ3n) is 2.65. The van der Waals surface area contributed by atoms with Gasteiger partial charge in [0.2, 0.25) is 0 Å². The molecule has 0 radical (unpaired) electrons. The van der Waals surface area contributed by atoms with Crippen LogP contribution in [0.3, 0.4) is 0 Å². The third kappa shape index (κ3) is 3.55. The summed E-state index contributed by atoms with van der Waals surface area (Å²) in [4.78, 5) is 4.13. The van der Waals surface area contributed by atoms with Crippen molar-refractivity contribution in [3.63, 3.8) is 0 Å². The summed E-state index contributed by atoms with van der Waals surface area (Å²) in [6, 6.07) is 13.3. The van der Waals surface area contributed by atoms with Crippen molar-refractivity contribution in [1.82, 2.24) is 4.98 Å². The van der Waals surface area contributed by atoms with Crippen molar-refractivity contribution in [2.24, 2.45) is 0 Å². The molecular weight excluding hydrogens is 234 g/mol. The average molecular weight is 248 g/mol. The van der Waals surface area contributed by atoms with Crippen LogP contribution in [0.15, 0.2) is 48.7 Å². The van der Waals surface area contributed by atoms with Crippen LogP contribution < -0.4 is 0 Å². The van der Waals surface area contributed by atoms with E-state index >= 15 is 0 Å². The molecule has 1 unspecified atom stereocenters. The second-order valence-corrected chi connectivity index (χ2v) is 4.37. The van der Waals surface area contributed by atoms with E-state index in [0.29, 0.717) is 6.42 Å². The van der Waals surface area contributed by atoms with E-state index in [1.54, 1.807) is 6.20 Å². The molecule has 2 rings (SSSR count). The normalized spacial score (nSPS) is 12.4. The number of hydrogen-bond acceptors (Lipinski definition) is 2. The van der Waals surface area contributed by atoms with E-state index in [2.05, 4.69) is 4.98 Å². The van der Waals surface area contributed by atoms with E-state index in [9.17, 15) is 5.11 Å². The predicted octanol–water partition coefficient (Wildman–Crippen LogP) is 3.40. The maximum atomic E-state index is 9.95. The summed E-state index contributed by atoms with van der Waals surface area (Å²) >= 11 is 5.81. The molecule has 0 spiro atoms. The van der Waals surface area contributed by atoms with E-state index in [0.717, 1.165) is 17.1 Å². The third-order valence-corrected chi connectivity index (χ3v) is 2.90. The van der Waals surface area contributed by atoms with Crippen LogP contribution in [-0.2, 0) is 6.42 Å². The van der Waals surface area contributed by atoms with E-state index in [1.165, 1.54) is 5.56 Å². The van der Waals surface area contributed by atoms with Crippen LogP contribution in [0.4, 0.5) is 0 Å². The van der Waals surface area contributed by atoms with Gasteiger partial charge >= 0.3 is 0 Å². The Labute approximate surface area is 106 Å². The fourth-order valence-electron chi connectivity index (χ4n) is 1.68. The number of rotatable bonds is 4. The number of benzene rings is 1. The molecule has 0 saturated carbocycles. The standard InChI is InChI=1S/C14H14ClNO/c15-12-7-4-11(5-8-12)6-9-14(17)13-3-1-2-10-16-13/h1-5,7-8,10,14,17H,6,9H2. The molecule has 1 aromatic carbocycles. The highest BCUT2D eigenvalue weighted by Crippen LogP contribution is 2.17. The molecule has 0 saturated heterocycles. The van der Waals surface area contributed by atoms with Gasteiger partial charge in [0, 0.05) is 11.2 Å². The molecule has 1 aromatic heterocycles.